The summed E-state index contributed by atoms with van der Waals surface area (Å²) in [6.07, 6.45) is 0. The maximum atomic E-state index is 12.9. The molecule has 152 valence electrons. The Morgan fingerprint density at radius 1 is 1.03 bits per heavy atom. The summed E-state index contributed by atoms with van der Waals surface area (Å²) in [5.41, 5.74) is 3.23. The molecule has 8 heteroatoms. The molecule has 1 N–H and O–H groups in total. The number of nitrogens with one attached hydrogen (secondary N) is 1. The summed E-state index contributed by atoms with van der Waals surface area (Å²) in [6.45, 7) is 5.19. The molecule has 1 saturated heterocycles. The van der Waals surface area contributed by atoms with Crippen molar-refractivity contribution in [3.8, 4) is 6.07 Å². The molecule has 7 nitrogen and oxygen atoms in total. The second kappa shape index (κ2) is 8.64. The molecule has 0 saturated carbocycles. The number of hydrogen-bond donors (Lipinski definition) is 1. The zero-order valence-corrected chi connectivity index (χ0v) is 17.4. The molecule has 0 spiro atoms. The summed E-state index contributed by atoms with van der Waals surface area (Å²) >= 11 is 0. The van der Waals surface area contributed by atoms with Crippen LogP contribution in [0, 0.1) is 25.2 Å². The lowest BCUT2D eigenvalue weighted by atomic mass is 10.1. The summed E-state index contributed by atoms with van der Waals surface area (Å²) in [4.78, 5) is 14.3. The monoisotopic (exact) mass is 412 g/mol. The Morgan fingerprint density at radius 2 is 1.66 bits per heavy atom. The van der Waals surface area contributed by atoms with Crippen LogP contribution in [0.2, 0.25) is 0 Å². The largest absolute Gasteiger partial charge is 0.376 e. The number of aryl methyl sites for hydroxylation is 2. The molecule has 3 rings (SSSR count). The quantitative estimate of drug-likeness (QED) is 0.812. The van der Waals surface area contributed by atoms with Crippen LogP contribution in [0.15, 0.2) is 47.4 Å². The Bertz CT molecular complexity index is 1030. The van der Waals surface area contributed by atoms with Gasteiger partial charge < -0.3 is 10.2 Å². The molecule has 0 radical (unpaired) electrons. The number of benzene rings is 2. The minimum atomic E-state index is -3.76. The van der Waals surface area contributed by atoms with Gasteiger partial charge in [-0.25, -0.2) is 8.42 Å². The van der Waals surface area contributed by atoms with Crippen LogP contribution in [0.3, 0.4) is 0 Å². The van der Waals surface area contributed by atoms with Crippen LogP contribution in [-0.2, 0) is 14.8 Å². The van der Waals surface area contributed by atoms with Gasteiger partial charge in [0.15, 0.2) is 0 Å². The second-order valence-electron chi connectivity index (χ2n) is 7.01. The molecule has 0 aliphatic carbocycles. The van der Waals surface area contributed by atoms with Gasteiger partial charge in [-0.2, -0.15) is 9.57 Å². The highest BCUT2D eigenvalue weighted by Gasteiger charge is 2.31. The molecule has 1 fully saturated rings. The highest BCUT2D eigenvalue weighted by Crippen LogP contribution is 2.22. The molecular weight excluding hydrogens is 388 g/mol. The van der Waals surface area contributed by atoms with Crippen molar-refractivity contribution in [3.63, 3.8) is 0 Å². The number of amides is 1. The van der Waals surface area contributed by atoms with E-state index in [1.165, 1.54) is 16.4 Å². The van der Waals surface area contributed by atoms with Gasteiger partial charge in [0.1, 0.15) is 6.07 Å². The normalized spacial score (nSPS) is 15.0. The molecular formula is C21H24N4O3S. The molecule has 2 aromatic carbocycles. The number of hydrogen-bond acceptors (Lipinski definition) is 5. The number of sulfonamides is 1. The number of para-hydroxylation sites is 1. The maximum Gasteiger partial charge on any atom is 0.244 e. The first-order chi connectivity index (χ1) is 13.8. The van der Waals surface area contributed by atoms with E-state index in [1.807, 2.05) is 38.1 Å². The van der Waals surface area contributed by atoms with E-state index in [0.717, 1.165) is 16.8 Å². The number of carbonyl (C=O) groups is 1. The lowest BCUT2D eigenvalue weighted by Gasteiger charge is -2.34. The lowest BCUT2D eigenvalue weighted by molar-refractivity contribution is -0.130. The minimum Gasteiger partial charge on any atom is -0.376 e. The smallest absolute Gasteiger partial charge is 0.244 e. The van der Waals surface area contributed by atoms with E-state index >= 15 is 0 Å². The summed E-state index contributed by atoms with van der Waals surface area (Å²) in [7, 11) is -3.76. The third-order valence-electron chi connectivity index (χ3n) is 5.11. The number of anilines is 1. The van der Waals surface area contributed by atoms with Crippen molar-refractivity contribution in [3.05, 3.63) is 59.2 Å². The van der Waals surface area contributed by atoms with Crippen LogP contribution in [0.25, 0.3) is 0 Å². The predicted octanol–water partition coefficient (Wildman–Crippen LogP) is 2.12. The van der Waals surface area contributed by atoms with E-state index in [4.69, 9.17) is 0 Å². The van der Waals surface area contributed by atoms with E-state index < -0.39 is 10.0 Å². The van der Waals surface area contributed by atoms with Crippen LogP contribution in [-0.4, -0.2) is 56.3 Å². The molecule has 0 atom stereocenters. The summed E-state index contributed by atoms with van der Waals surface area (Å²) in [5.74, 6) is -0.0675. The number of nitriles is 1. The summed E-state index contributed by atoms with van der Waals surface area (Å²) < 4.78 is 27.1. The fourth-order valence-corrected chi connectivity index (χ4v) is 5.03. The van der Waals surface area contributed by atoms with Gasteiger partial charge in [-0.3, -0.25) is 4.79 Å². The third kappa shape index (κ3) is 4.42. The molecule has 29 heavy (non-hydrogen) atoms. The van der Waals surface area contributed by atoms with Crippen molar-refractivity contribution >= 4 is 21.6 Å². The van der Waals surface area contributed by atoms with Crippen molar-refractivity contribution in [2.24, 2.45) is 0 Å². The topological polar surface area (TPSA) is 93.5 Å². The zero-order chi connectivity index (χ0) is 21.0. The first kappa shape index (κ1) is 20.8. The van der Waals surface area contributed by atoms with Gasteiger partial charge >= 0.3 is 0 Å². The Balaban J connectivity index is 1.61. The number of nitrogens with zero attached hydrogens (tertiary/aromatic N) is 3. The molecule has 0 aromatic heterocycles. The molecule has 0 unspecified atom stereocenters. The van der Waals surface area contributed by atoms with Crippen LogP contribution < -0.4 is 5.32 Å². The Labute approximate surface area is 171 Å². The van der Waals surface area contributed by atoms with Crippen LogP contribution in [0.5, 0.6) is 0 Å². The van der Waals surface area contributed by atoms with Crippen LogP contribution in [0.1, 0.15) is 16.7 Å². The van der Waals surface area contributed by atoms with Gasteiger partial charge in [-0.15, -0.1) is 0 Å². The van der Waals surface area contributed by atoms with E-state index in [1.54, 1.807) is 17.0 Å². The molecule has 1 aliphatic heterocycles. The van der Waals surface area contributed by atoms with Gasteiger partial charge in [0, 0.05) is 31.9 Å². The van der Waals surface area contributed by atoms with E-state index in [9.17, 15) is 18.5 Å². The van der Waals surface area contributed by atoms with E-state index in [2.05, 4.69) is 5.32 Å². The average molecular weight is 413 g/mol. The van der Waals surface area contributed by atoms with Gasteiger partial charge in [-0.1, -0.05) is 30.3 Å². The summed E-state index contributed by atoms with van der Waals surface area (Å²) in [6, 6.07) is 14.1. The van der Waals surface area contributed by atoms with Crippen molar-refractivity contribution < 1.29 is 13.2 Å². The minimum absolute atomic E-state index is 0.0129. The Kier molecular flexibility index (Phi) is 6.20. The Morgan fingerprint density at radius 3 is 2.28 bits per heavy atom. The Hall–Kier alpha value is -2.89. The van der Waals surface area contributed by atoms with Crippen molar-refractivity contribution in [2.75, 3.05) is 38.0 Å². The SMILES string of the molecule is Cc1cccc(C)c1NCC(=O)N1CCN(S(=O)(=O)c2ccccc2C#N)CC1. The van der Waals surface area contributed by atoms with Gasteiger partial charge in [0.25, 0.3) is 0 Å². The molecule has 0 bridgehead atoms. The highest BCUT2D eigenvalue weighted by atomic mass is 32.2. The lowest BCUT2D eigenvalue weighted by Crippen LogP contribution is -2.51. The second-order valence-corrected chi connectivity index (χ2v) is 8.92. The number of carbonyl (C=O) groups excluding carboxylic acids is 1. The number of rotatable bonds is 5. The fraction of sp³-hybridized carbons (Fsp3) is 0.333. The third-order valence-corrected chi connectivity index (χ3v) is 7.07. The van der Waals surface area contributed by atoms with Gasteiger partial charge in [0.2, 0.25) is 15.9 Å². The maximum absolute atomic E-state index is 12.9. The first-order valence-electron chi connectivity index (χ1n) is 9.41. The van der Waals surface area contributed by atoms with Gasteiger partial charge in [0.05, 0.1) is 17.0 Å². The summed E-state index contributed by atoms with van der Waals surface area (Å²) in [5, 5.41) is 12.4. The molecule has 1 aliphatic rings. The number of piperazine rings is 1. The standard InChI is InChI=1S/C21H24N4O3S/c1-16-6-5-7-17(2)21(16)23-15-20(26)24-10-12-25(13-11-24)29(27,28)19-9-4-3-8-18(19)14-22/h3-9,23H,10-13,15H2,1-2H3. The van der Waals surface area contributed by atoms with Gasteiger partial charge in [-0.05, 0) is 37.1 Å². The van der Waals surface area contributed by atoms with Crippen LogP contribution >= 0.6 is 0 Å². The van der Waals surface area contributed by atoms with E-state index in [-0.39, 0.29) is 36.0 Å². The highest BCUT2D eigenvalue weighted by molar-refractivity contribution is 7.89. The van der Waals surface area contributed by atoms with Crippen molar-refractivity contribution in [1.82, 2.24) is 9.21 Å². The fourth-order valence-electron chi connectivity index (χ4n) is 3.47. The van der Waals surface area contributed by atoms with E-state index in [0.29, 0.717) is 13.1 Å². The first-order valence-corrected chi connectivity index (χ1v) is 10.9. The molecule has 1 amide bonds. The van der Waals surface area contributed by atoms with Crippen LogP contribution in [0.4, 0.5) is 5.69 Å². The van der Waals surface area contributed by atoms with Crippen molar-refractivity contribution in [1.29, 1.82) is 5.26 Å². The predicted molar refractivity (Wildman–Crippen MR) is 111 cm³/mol. The molecule has 2 aromatic rings. The zero-order valence-electron chi connectivity index (χ0n) is 16.6. The average Bonchev–Trinajstić information content (AvgIpc) is 2.73. The molecule has 1 heterocycles. The van der Waals surface area contributed by atoms with Crippen molar-refractivity contribution in [2.45, 2.75) is 18.7 Å².